The molecule has 4 heterocycles. The number of carbonyl (C=O) groups is 1. The van der Waals surface area contributed by atoms with E-state index in [0.29, 0.717) is 0 Å². The van der Waals surface area contributed by atoms with E-state index in [0.717, 1.165) is 25.9 Å². The minimum Gasteiger partial charge on any atom is -0.469 e. The van der Waals surface area contributed by atoms with Gasteiger partial charge in [-0.2, -0.15) is 0 Å². The van der Waals surface area contributed by atoms with Gasteiger partial charge in [0.15, 0.2) is 6.29 Å². The molecule has 3 aliphatic heterocycles. The third kappa shape index (κ3) is 2.54. The van der Waals surface area contributed by atoms with Gasteiger partial charge < -0.3 is 19.6 Å². The van der Waals surface area contributed by atoms with Crippen LogP contribution in [0.5, 0.6) is 0 Å². The number of piperidine rings is 1. The predicted octanol–water partition coefficient (Wildman–Crippen LogP) is 2.23. The molecule has 0 saturated carbocycles. The molecule has 27 heavy (non-hydrogen) atoms. The van der Waals surface area contributed by atoms with Crippen molar-refractivity contribution in [3.63, 3.8) is 0 Å². The molecule has 6 unspecified atom stereocenters. The first kappa shape index (κ1) is 17.2. The zero-order chi connectivity index (χ0) is 18.7. The molecule has 2 N–H and O–H groups in total. The van der Waals surface area contributed by atoms with E-state index >= 15 is 0 Å². The molecule has 0 radical (unpaired) electrons. The fourth-order valence-electron chi connectivity index (χ4n) is 5.65. The summed E-state index contributed by atoms with van der Waals surface area (Å²) in [7, 11) is 1.38. The summed E-state index contributed by atoms with van der Waals surface area (Å²) in [6.07, 6.45) is 0.697. The maximum Gasteiger partial charge on any atom is 0.314 e. The third-order valence-corrected chi connectivity index (χ3v) is 6.96. The van der Waals surface area contributed by atoms with Crippen molar-refractivity contribution in [2.24, 2.45) is 17.8 Å². The summed E-state index contributed by atoms with van der Waals surface area (Å²) in [5.41, 5.74) is 3.86. The molecule has 0 amide bonds. The molecular formula is C21H26N2O4. The molecule has 2 saturated heterocycles. The number of benzene rings is 1. The highest BCUT2D eigenvalue weighted by Crippen LogP contribution is 2.49. The lowest BCUT2D eigenvalue weighted by atomic mass is 9.68. The SMILES string of the molecule is COC(=O)C1C(O)OC(C)C2CN3CCc4c([nH]c5ccccc45)C3CC21. The summed E-state index contributed by atoms with van der Waals surface area (Å²) in [6.45, 7) is 3.90. The van der Waals surface area contributed by atoms with Crippen molar-refractivity contribution >= 4 is 16.9 Å². The van der Waals surface area contributed by atoms with Gasteiger partial charge in [-0.3, -0.25) is 9.69 Å². The molecule has 0 bridgehead atoms. The quantitative estimate of drug-likeness (QED) is 0.753. The van der Waals surface area contributed by atoms with Crippen LogP contribution < -0.4 is 0 Å². The molecule has 2 aromatic rings. The summed E-state index contributed by atoms with van der Waals surface area (Å²) in [5, 5.41) is 11.7. The van der Waals surface area contributed by atoms with Crippen LogP contribution in [0, 0.1) is 17.8 Å². The number of rotatable bonds is 1. The van der Waals surface area contributed by atoms with Crippen LogP contribution in [0.3, 0.4) is 0 Å². The first-order valence-corrected chi connectivity index (χ1v) is 9.83. The van der Waals surface area contributed by atoms with E-state index in [1.165, 1.54) is 29.3 Å². The molecule has 5 rings (SSSR count). The van der Waals surface area contributed by atoms with Crippen LogP contribution in [0.1, 0.15) is 30.6 Å². The van der Waals surface area contributed by atoms with E-state index < -0.39 is 12.2 Å². The van der Waals surface area contributed by atoms with E-state index in [1.54, 1.807) is 0 Å². The number of ether oxygens (including phenoxy) is 2. The number of para-hydroxylation sites is 1. The second-order valence-electron chi connectivity index (χ2n) is 8.17. The molecule has 144 valence electrons. The first-order chi connectivity index (χ1) is 13.1. The van der Waals surface area contributed by atoms with Gasteiger partial charge >= 0.3 is 5.97 Å². The number of H-pyrrole nitrogens is 1. The number of fused-ring (bicyclic) bond motifs is 6. The molecule has 1 aromatic carbocycles. The zero-order valence-corrected chi connectivity index (χ0v) is 15.7. The number of methoxy groups -OCH3 is 1. The summed E-state index contributed by atoms with van der Waals surface area (Å²) < 4.78 is 10.7. The minimum absolute atomic E-state index is 0.0508. The maximum absolute atomic E-state index is 12.4. The minimum atomic E-state index is -1.09. The smallest absolute Gasteiger partial charge is 0.314 e. The number of nitrogens with zero attached hydrogens (tertiary/aromatic N) is 1. The number of hydrogen-bond acceptors (Lipinski definition) is 5. The number of aromatic nitrogens is 1. The zero-order valence-electron chi connectivity index (χ0n) is 15.7. The Hall–Kier alpha value is -1.89. The van der Waals surface area contributed by atoms with Gasteiger partial charge in [-0.1, -0.05) is 18.2 Å². The van der Waals surface area contributed by atoms with Gasteiger partial charge in [0.1, 0.15) is 5.92 Å². The van der Waals surface area contributed by atoms with Gasteiger partial charge in [0.25, 0.3) is 0 Å². The van der Waals surface area contributed by atoms with Crippen LogP contribution in [-0.2, 0) is 20.7 Å². The molecule has 1 aromatic heterocycles. The van der Waals surface area contributed by atoms with Gasteiger partial charge in [-0.05, 0) is 37.3 Å². The van der Waals surface area contributed by atoms with Crippen LogP contribution in [0.4, 0.5) is 0 Å². The summed E-state index contributed by atoms with van der Waals surface area (Å²) in [5.74, 6) is -0.715. The fourth-order valence-corrected chi connectivity index (χ4v) is 5.65. The Kier molecular flexibility index (Phi) is 4.04. The normalized spacial score (nSPS) is 36.0. The van der Waals surface area contributed by atoms with Crippen molar-refractivity contribution in [3.05, 3.63) is 35.5 Å². The maximum atomic E-state index is 12.4. The number of aliphatic hydroxyl groups is 1. The van der Waals surface area contributed by atoms with Gasteiger partial charge in [-0.15, -0.1) is 0 Å². The lowest BCUT2D eigenvalue weighted by molar-refractivity contribution is -0.245. The highest BCUT2D eigenvalue weighted by Gasteiger charge is 2.52. The Morgan fingerprint density at radius 3 is 2.96 bits per heavy atom. The van der Waals surface area contributed by atoms with E-state index in [2.05, 4.69) is 34.1 Å². The predicted molar refractivity (Wildman–Crippen MR) is 100.0 cm³/mol. The van der Waals surface area contributed by atoms with Crippen molar-refractivity contribution in [2.45, 2.75) is 38.2 Å². The Labute approximate surface area is 158 Å². The molecule has 6 nitrogen and oxygen atoms in total. The number of hydrogen-bond donors (Lipinski definition) is 2. The second-order valence-corrected chi connectivity index (χ2v) is 8.17. The third-order valence-electron chi connectivity index (χ3n) is 6.96. The van der Waals surface area contributed by atoms with Crippen molar-refractivity contribution in [1.82, 2.24) is 9.88 Å². The summed E-state index contributed by atoms with van der Waals surface area (Å²) >= 11 is 0. The van der Waals surface area contributed by atoms with Crippen LogP contribution in [-0.4, -0.2) is 53.6 Å². The number of carbonyl (C=O) groups excluding carboxylic acids is 1. The Morgan fingerprint density at radius 1 is 1.33 bits per heavy atom. The number of nitrogens with one attached hydrogen (secondary N) is 1. The van der Waals surface area contributed by atoms with Crippen molar-refractivity contribution in [1.29, 1.82) is 0 Å². The van der Waals surface area contributed by atoms with Gasteiger partial charge in [0.2, 0.25) is 0 Å². The van der Waals surface area contributed by atoms with E-state index in [9.17, 15) is 9.90 Å². The van der Waals surface area contributed by atoms with Crippen LogP contribution in [0.15, 0.2) is 24.3 Å². The Bertz CT molecular complexity index is 878. The van der Waals surface area contributed by atoms with Crippen molar-refractivity contribution in [2.75, 3.05) is 20.2 Å². The molecule has 0 aliphatic carbocycles. The largest absolute Gasteiger partial charge is 0.469 e. The highest BCUT2D eigenvalue weighted by atomic mass is 16.6. The molecule has 0 spiro atoms. The number of aromatic amines is 1. The lowest BCUT2D eigenvalue weighted by Gasteiger charge is -2.52. The van der Waals surface area contributed by atoms with Crippen molar-refractivity contribution in [3.8, 4) is 0 Å². The summed E-state index contributed by atoms with van der Waals surface area (Å²) in [6, 6.07) is 8.70. The van der Waals surface area contributed by atoms with Crippen LogP contribution in [0.2, 0.25) is 0 Å². The molecular weight excluding hydrogens is 344 g/mol. The van der Waals surface area contributed by atoms with E-state index in [-0.39, 0.29) is 30.0 Å². The molecule has 3 aliphatic rings. The van der Waals surface area contributed by atoms with Gasteiger partial charge in [-0.25, -0.2) is 0 Å². The first-order valence-electron chi connectivity index (χ1n) is 9.83. The highest BCUT2D eigenvalue weighted by molar-refractivity contribution is 5.85. The fraction of sp³-hybridized carbons (Fsp3) is 0.571. The van der Waals surface area contributed by atoms with Gasteiger partial charge in [0.05, 0.1) is 19.3 Å². The van der Waals surface area contributed by atoms with Crippen molar-refractivity contribution < 1.29 is 19.4 Å². The second kappa shape index (κ2) is 6.33. The molecule has 6 heteroatoms. The van der Waals surface area contributed by atoms with Crippen LogP contribution >= 0.6 is 0 Å². The summed E-state index contributed by atoms with van der Waals surface area (Å²) in [4.78, 5) is 18.6. The van der Waals surface area contributed by atoms with Crippen LogP contribution in [0.25, 0.3) is 10.9 Å². The number of esters is 1. The standard InChI is InChI=1S/C21H26N2O4/c1-11-15-10-23-8-7-13-12-5-3-4-6-16(12)22-19(13)17(23)9-14(15)18(20(24)26-2)21(25)27-11/h3-6,11,14-15,17-18,21-22,25H,7-10H2,1-2H3. The molecule has 2 fully saturated rings. The average Bonchev–Trinajstić information content (AvgIpc) is 3.06. The van der Waals surface area contributed by atoms with E-state index in [1.807, 2.05) is 6.92 Å². The lowest BCUT2D eigenvalue weighted by Crippen LogP contribution is -2.58. The topological polar surface area (TPSA) is 74.8 Å². The number of aliphatic hydroxyl groups excluding tert-OH is 1. The average molecular weight is 370 g/mol. The van der Waals surface area contributed by atoms with E-state index in [4.69, 9.17) is 9.47 Å². The Morgan fingerprint density at radius 2 is 2.15 bits per heavy atom. The Balaban J connectivity index is 1.54. The monoisotopic (exact) mass is 370 g/mol. The van der Waals surface area contributed by atoms with Gasteiger partial charge in [0, 0.05) is 35.6 Å². The molecule has 6 atom stereocenters.